The van der Waals surface area contributed by atoms with Crippen molar-refractivity contribution in [2.24, 2.45) is 0 Å². The first kappa shape index (κ1) is 30.4. The van der Waals surface area contributed by atoms with Crippen molar-refractivity contribution in [3.05, 3.63) is 187 Å². The molecule has 0 N–H and O–H groups in total. The van der Waals surface area contributed by atoms with Crippen LogP contribution in [0.5, 0.6) is 0 Å². The highest BCUT2D eigenvalue weighted by Gasteiger charge is 2.38. The van der Waals surface area contributed by atoms with Gasteiger partial charge in [0.15, 0.2) is 0 Å². The number of rotatable bonds is 3. The molecule has 1 aliphatic rings. The van der Waals surface area contributed by atoms with Crippen molar-refractivity contribution in [3.63, 3.8) is 0 Å². The zero-order chi connectivity index (χ0) is 35.3. The number of fused-ring (bicyclic) bond motifs is 11. The quantitative estimate of drug-likeness (QED) is 0.167. The van der Waals surface area contributed by atoms with Gasteiger partial charge >= 0.3 is 0 Å². The van der Waals surface area contributed by atoms with Gasteiger partial charge in [-0.2, -0.15) is 0 Å². The third-order valence-electron chi connectivity index (χ3n) is 11.6. The molecule has 0 saturated carbocycles. The van der Waals surface area contributed by atoms with Crippen LogP contribution in [0.3, 0.4) is 0 Å². The maximum Gasteiger partial charge on any atom is 0.0503 e. The van der Waals surface area contributed by atoms with E-state index in [1.165, 1.54) is 103 Å². The van der Waals surface area contributed by atoms with Crippen LogP contribution in [0, 0.1) is 0 Å². The molecule has 1 nitrogen and oxygen atoms in total. The Labute approximate surface area is 313 Å². The van der Waals surface area contributed by atoms with Crippen LogP contribution < -0.4 is 4.90 Å². The number of benzene rings is 9. The number of hydrogen-bond donors (Lipinski definition) is 0. The summed E-state index contributed by atoms with van der Waals surface area (Å²) in [5.41, 5.74) is 11.0. The summed E-state index contributed by atoms with van der Waals surface area (Å²) < 4.78 is 2.68. The summed E-state index contributed by atoms with van der Waals surface area (Å²) >= 11 is 1.90. The normalized spacial score (nSPS) is 13.6. The van der Waals surface area contributed by atoms with E-state index in [2.05, 4.69) is 195 Å². The van der Waals surface area contributed by atoms with Crippen LogP contribution in [0.2, 0.25) is 0 Å². The smallest absolute Gasteiger partial charge is 0.0503 e. The fourth-order valence-electron chi connectivity index (χ4n) is 9.00. The van der Waals surface area contributed by atoms with Crippen LogP contribution in [0.4, 0.5) is 17.1 Å². The van der Waals surface area contributed by atoms with Gasteiger partial charge in [-0.1, -0.05) is 147 Å². The van der Waals surface area contributed by atoms with E-state index in [4.69, 9.17) is 0 Å². The third kappa shape index (κ3) is 4.49. The Kier molecular flexibility index (Phi) is 6.53. The molecule has 0 radical (unpaired) electrons. The molecule has 0 unspecified atom stereocenters. The molecule has 2 heterocycles. The summed E-state index contributed by atoms with van der Waals surface area (Å²) in [6.07, 6.45) is 0. The lowest BCUT2D eigenvalue weighted by molar-refractivity contribution is 0.632. The van der Waals surface area contributed by atoms with E-state index in [9.17, 15) is 0 Å². The third-order valence-corrected chi connectivity index (χ3v) is 12.8. The molecule has 11 rings (SSSR count). The topological polar surface area (TPSA) is 3.24 Å². The highest BCUT2D eigenvalue weighted by molar-refractivity contribution is 7.26. The molecule has 0 atom stereocenters. The highest BCUT2D eigenvalue weighted by atomic mass is 32.1. The second kappa shape index (κ2) is 11.4. The predicted octanol–water partition coefficient (Wildman–Crippen LogP) is 15.0. The van der Waals surface area contributed by atoms with Crippen molar-refractivity contribution in [3.8, 4) is 22.3 Å². The fraction of sp³-hybridized carbons (Fsp3) is 0.0588. The van der Waals surface area contributed by atoms with Gasteiger partial charge in [0.2, 0.25) is 0 Å². The first-order valence-electron chi connectivity index (χ1n) is 18.4. The van der Waals surface area contributed by atoms with Crippen molar-refractivity contribution < 1.29 is 0 Å². The molecule has 10 aromatic rings. The van der Waals surface area contributed by atoms with Gasteiger partial charge in [0.1, 0.15) is 0 Å². The van der Waals surface area contributed by atoms with Gasteiger partial charge in [0.25, 0.3) is 0 Å². The first-order valence-corrected chi connectivity index (χ1v) is 19.2. The first-order chi connectivity index (χ1) is 26.0. The van der Waals surface area contributed by atoms with Crippen LogP contribution in [0.25, 0.3) is 74.7 Å². The number of nitrogens with zero attached hydrogens (tertiary/aromatic N) is 1. The zero-order valence-corrected chi connectivity index (χ0v) is 30.4. The molecule has 53 heavy (non-hydrogen) atoms. The lowest BCUT2D eigenvalue weighted by Gasteiger charge is -2.42. The van der Waals surface area contributed by atoms with Gasteiger partial charge < -0.3 is 4.90 Å². The van der Waals surface area contributed by atoms with Crippen molar-refractivity contribution in [2.45, 2.75) is 19.3 Å². The Hall–Kier alpha value is -6.22. The molecule has 0 aliphatic carbocycles. The van der Waals surface area contributed by atoms with Crippen LogP contribution in [-0.2, 0) is 5.41 Å². The van der Waals surface area contributed by atoms with Gasteiger partial charge in [-0.3, -0.25) is 0 Å². The SMILES string of the molecule is CC1(C)c2cc(-c3ccccc3)ccc2N(c2ccc3c4ccccc4c4ccccc4c3c2)c2ccc(-c3cccc4c3sc3ccccc34)cc21. The lowest BCUT2D eigenvalue weighted by atomic mass is 9.72. The summed E-state index contributed by atoms with van der Waals surface area (Å²) in [5.74, 6) is 0. The summed E-state index contributed by atoms with van der Waals surface area (Å²) in [6.45, 7) is 4.81. The minimum Gasteiger partial charge on any atom is -0.310 e. The standard InChI is InChI=1S/C51H35NS/c1-51(2)45-29-33(32-13-4-3-5-14-32)23-27-47(45)52(35-25-26-41-39-17-7-6-15-37(39)38-16-8-9-18-40(38)44(41)31-35)48-28-24-34(30-46(48)51)36-20-12-21-43-42-19-10-11-22-49(42)53-50(36)43/h3-31H,1-2H3. The maximum absolute atomic E-state index is 2.51. The largest absolute Gasteiger partial charge is 0.310 e. The van der Waals surface area contributed by atoms with Gasteiger partial charge in [-0.15, -0.1) is 11.3 Å². The Morgan fingerprint density at radius 3 is 1.64 bits per heavy atom. The minimum atomic E-state index is -0.254. The molecule has 250 valence electrons. The van der Waals surface area contributed by atoms with Gasteiger partial charge in [0, 0.05) is 31.3 Å². The van der Waals surface area contributed by atoms with Gasteiger partial charge in [-0.25, -0.2) is 0 Å². The Morgan fingerprint density at radius 2 is 0.943 bits per heavy atom. The molecule has 0 amide bonds. The van der Waals surface area contributed by atoms with E-state index in [1.807, 2.05) is 11.3 Å². The van der Waals surface area contributed by atoms with Crippen LogP contribution in [-0.4, -0.2) is 0 Å². The molecular weight excluding hydrogens is 659 g/mol. The van der Waals surface area contributed by atoms with Gasteiger partial charge in [0.05, 0.1) is 11.4 Å². The minimum absolute atomic E-state index is 0.254. The summed E-state index contributed by atoms with van der Waals surface area (Å²) in [4.78, 5) is 2.51. The monoisotopic (exact) mass is 693 g/mol. The van der Waals surface area contributed by atoms with Crippen LogP contribution >= 0.6 is 11.3 Å². The summed E-state index contributed by atoms with van der Waals surface area (Å²) in [6, 6.07) is 65.4. The fourth-order valence-corrected chi connectivity index (χ4v) is 10.2. The van der Waals surface area contributed by atoms with E-state index in [-0.39, 0.29) is 5.41 Å². The molecule has 0 saturated heterocycles. The number of hydrogen-bond acceptors (Lipinski definition) is 2. The van der Waals surface area contributed by atoms with Crippen molar-refractivity contribution in [1.82, 2.24) is 0 Å². The van der Waals surface area contributed by atoms with E-state index in [0.717, 1.165) is 0 Å². The average Bonchev–Trinajstić information content (AvgIpc) is 3.60. The maximum atomic E-state index is 2.51. The summed E-state index contributed by atoms with van der Waals surface area (Å²) in [7, 11) is 0. The van der Waals surface area contributed by atoms with Gasteiger partial charge in [-0.05, 0) is 108 Å². The molecule has 0 bridgehead atoms. The number of thiophene rings is 1. The van der Waals surface area contributed by atoms with Crippen molar-refractivity contribution >= 4 is 80.9 Å². The number of anilines is 3. The van der Waals surface area contributed by atoms with E-state index in [1.54, 1.807) is 0 Å². The second-order valence-corrected chi connectivity index (χ2v) is 15.9. The average molecular weight is 694 g/mol. The Balaban J connectivity index is 1.17. The molecule has 1 aromatic heterocycles. The summed E-state index contributed by atoms with van der Waals surface area (Å²) in [5, 5.41) is 10.4. The highest BCUT2D eigenvalue weighted by Crippen LogP contribution is 2.54. The van der Waals surface area contributed by atoms with Crippen molar-refractivity contribution in [2.75, 3.05) is 4.90 Å². The molecule has 9 aromatic carbocycles. The van der Waals surface area contributed by atoms with Crippen LogP contribution in [0.15, 0.2) is 176 Å². The van der Waals surface area contributed by atoms with E-state index < -0.39 is 0 Å². The predicted molar refractivity (Wildman–Crippen MR) is 230 cm³/mol. The van der Waals surface area contributed by atoms with E-state index in [0.29, 0.717) is 0 Å². The molecule has 0 spiro atoms. The molecule has 2 heteroatoms. The molecular formula is C51H35NS. The molecule has 1 aliphatic heterocycles. The van der Waals surface area contributed by atoms with Crippen molar-refractivity contribution in [1.29, 1.82) is 0 Å². The van der Waals surface area contributed by atoms with E-state index >= 15 is 0 Å². The second-order valence-electron chi connectivity index (χ2n) is 14.9. The Bertz CT molecular complexity index is 3060. The van der Waals surface area contributed by atoms with Crippen LogP contribution in [0.1, 0.15) is 25.0 Å². The molecule has 0 fully saturated rings. The zero-order valence-electron chi connectivity index (χ0n) is 29.6. The lowest BCUT2D eigenvalue weighted by Crippen LogP contribution is -2.30. The Morgan fingerprint density at radius 1 is 0.396 bits per heavy atom.